The van der Waals surface area contributed by atoms with Crippen molar-refractivity contribution in [3.63, 3.8) is 0 Å². The van der Waals surface area contributed by atoms with E-state index in [-0.39, 0.29) is 11.9 Å². The number of halogens is 1. The molecule has 2 atom stereocenters. The standard InChI is InChI=1S/C16H19FN2S/c1-2-19-16(13-6-8-18-10-14(13)17)12-4-3-5-15-11(12)7-9-20-15/h6-10,12,16,19H,2-5H2,1H3. The number of aryl methyl sites for hydroxylation is 1. The molecule has 2 aromatic heterocycles. The van der Waals surface area contributed by atoms with Gasteiger partial charge in [-0.05, 0) is 48.9 Å². The molecule has 1 aliphatic carbocycles. The molecule has 0 radical (unpaired) electrons. The summed E-state index contributed by atoms with van der Waals surface area (Å²) in [6, 6.07) is 4.06. The number of nitrogens with zero attached hydrogens (tertiary/aromatic N) is 1. The Morgan fingerprint density at radius 2 is 2.40 bits per heavy atom. The van der Waals surface area contributed by atoms with Crippen LogP contribution in [0.15, 0.2) is 29.9 Å². The van der Waals surface area contributed by atoms with Gasteiger partial charge in [0.2, 0.25) is 0 Å². The van der Waals surface area contributed by atoms with E-state index in [2.05, 4.69) is 28.7 Å². The van der Waals surface area contributed by atoms with Crippen molar-refractivity contribution in [2.45, 2.75) is 38.1 Å². The fourth-order valence-corrected chi connectivity index (χ4v) is 4.19. The van der Waals surface area contributed by atoms with E-state index in [9.17, 15) is 4.39 Å². The van der Waals surface area contributed by atoms with Gasteiger partial charge >= 0.3 is 0 Å². The number of hydrogen-bond donors (Lipinski definition) is 1. The average Bonchev–Trinajstić information content (AvgIpc) is 2.94. The second-order valence-electron chi connectivity index (χ2n) is 5.23. The summed E-state index contributed by atoms with van der Waals surface area (Å²) in [4.78, 5) is 5.34. The van der Waals surface area contributed by atoms with E-state index in [1.54, 1.807) is 6.20 Å². The van der Waals surface area contributed by atoms with Crippen LogP contribution in [-0.4, -0.2) is 11.5 Å². The zero-order chi connectivity index (χ0) is 13.9. The first kappa shape index (κ1) is 13.7. The molecule has 2 aromatic rings. The largest absolute Gasteiger partial charge is 0.310 e. The summed E-state index contributed by atoms with van der Waals surface area (Å²) >= 11 is 1.83. The van der Waals surface area contributed by atoms with Crippen LogP contribution in [0.5, 0.6) is 0 Å². The molecule has 0 spiro atoms. The molecule has 0 saturated carbocycles. The van der Waals surface area contributed by atoms with Crippen LogP contribution in [0.3, 0.4) is 0 Å². The predicted molar refractivity (Wildman–Crippen MR) is 80.6 cm³/mol. The van der Waals surface area contributed by atoms with Crippen LogP contribution < -0.4 is 5.32 Å². The van der Waals surface area contributed by atoms with Crippen molar-refractivity contribution in [3.8, 4) is 0 Å². The molecule has 106 valence electrons. The first-order chi connectivity index (χ1) is 9.81. The first-order valence-electron chi connectivity index (χ1n) is 7.20. The molecule has 0 amide bonds. The molecule has 2 heterocycles. The van der Waals surface area contributed by atoms with E-state index in [1.165, 1.54) is 29.5 Å². The highest BCUT2D eigenvalue weighted by Crippen LogP contribution is 2.42. The van der Waals surface area contributed by atoms with Crippen LogP contribution >= 0.6 is 11.3 Å². The van der Waals surface area contributed by atoms with Crippen LogP contribution in [0.1, 0.15) is 47.7 Å². The molecule has 0 saturated heterocycles. The third-order valence-corrected chi connectivity index (χ3v) is 5.06. The zero-order valence-electron chi connectivity index (χ0n) is 11.6. The predicted octanol–water partition coefficient (Wildman–Crippen LogP) is 4.05. The highest BCUT2D eigenvalue weighted by Gasteiger charge is 2.30. The minimum Gasteiger partial charge on any atom is -0.310 e. The van der Waals surface area contributed by atoms with E-state index in [1.807, 2.05) is 17.4 Å². The van der Waals surface area contributed by atoms with E-state index < -0.39 is 0 Å². The van der Waals surface area contributed by atoms with Crippen LogP contribution in [0.2, 0.25) is 0 Å². The number of aromatic nitrogens is 1. The van der Waals surface area contributed by atoms with Crippen molar-refractivity contribution < 1.29 is 4.39 Å². The van der Waals surface area contributed by atoms with Gasteiger partial charge in [-0.15, -0.1) is 11.3 Å². The van der Waals surface area contributed by atoms with Crippen molar-refractivity contribution in [3.05, 3.63) is 51.7 Å². The Kier molecular flexibility index (Phi) is 4.13. The van der Waals surface area contributed by atoms with E-state index >= 15 is 0 Å². The summed E-state index contributed by atoms with van der Waals surface area (Å²) in [5.74, 6) is 0.155. The Morgan fingerprint density at radius 3 is 3.20 bits per heavy atom. The monoisotopic (exact) mass is 290 g/mol. The molecule has 0 aromatic carbocycles. The molecule has 0 aliphatic heterocycles. The summed E-state index contributed by atoms with van der Waals surface area (Å²) in [7, 11) is 0. The number of nitrogens with one attached hydrogen (secondary N) is 1. The smallest absolute Gasteiger partial charge is 0.146 e. The normalized spacial score (nSPS) is 19.6. The molecule has 0 fully saturated rings. The van der Waals surface area contributed by atoms with Crippen molar-refractivity contribution in [2.24, 2.45) is 0 Å². The van der Waals surface area contributed by atoms with Crippen molar-refractivity contribution in [2.75, 3.05) is 6.54 Å². The maximum Gasteiger partial charge on any atom is 0.146 e. The summed E-state index contributed by atoms with van der Waals surface area (Å²) in [6.45, 7) is 2.91. The summed E-state index contributed by atoms with van der Waals surface area (Å²) in [6.07, 6.45) is 6.47. The third-order valence-electron chi connectivity index (χ3n) is 4.06. The molecule has 3 rings (SSSR count). The van der Waals surface area contributed by atoms with Gasteiger partial charge in [0.25, 0.3) is 0 Å². The number of fused-ring (bicyclic) bond motifs is 1. The maximum atomic E-state index is 14.1. The fraction of sp³-hybridized carbons (Fsp3) is 0.438. The second-order valence-corrected chi connectivity index (χ2v) is 6.23. The van der Waals surface area contributed by atoms with Gasteiger partial charge in [0.05, 0.1) is 6.20 Å². The van der Waals surface area contributed by atoms with Crippen LogP contribution in [0.4, 0.5) is 4.39 Å². The van der Waals surface area contributed by atoms with Gasteiger partial charge in [-0.3, -0.25) is 4.98 Å². The molecule has 20 heavy (non-hydrogen) atoms. The lowest BCUT2D eigenvalue weighted by molar-refractivity contribution is 0.398. The molecular weight excluding hydrogens is 271 g/mol. The molecule has 2 unspecified atom stereocenters. The Labute approximate surface area is 123 Å². The van der Waals surface area contributed by atoms with Crippen LogP contribution in [-0.2, 0) is 6.42 Å². The Morgan fingerprint density at radius 1 is 1.50 bits per heavy atom. The lowest BCUT2D eigenvalue weighted by Gasteiger charge is -2.31. The molecule has 2 nitrogen and oxygen atoms in total. The summed E-state index contributed by atoms with van der Waals surface area (Å²) in [5.41, 5.74) is 2.15. The van der Waals surface area contributed by atoms with Crippen molar-refractivity contribution in [1.29, 1.82) is 0 Å². The Hall–Kier alpha value is -1.26. The van der Waals surface area contributed by atoms with Gasteiger partial charge < -0.3 is 5.32 Å². The number of rotatable bonds is 4. The lowest BCUT2D eigenvalue weighted by atomic mass is 9.80. The van der Waals surface area contributed by atoms with Gasteiger partial charge in [-0.1, -0.05) is 6.92 Å². The van der Waals surface area contributed by atoms with Gasteiger partial charge in [0.1, 0.15) is 5.82 Å². The van der Waals surface area contributed by atoms with Crippen LogP contribution in [0, 0.1) is 5.82 Å². The number of likely N-dealkylation sites (N-methyl/N-ethyl adjacent to an activating group) is 1. The van der Waals surface area contributed by atoms with E-state index in [4.69, 9.17) is 0 Å². The Bertz CT molecular complexity index is 581. The maximum absolute atomic E-state index is 14.1. The zero-order valence-corrected chi connectivity index (χ0v) is 12.4. The summed E-state index contributed by atoms with van der Waals surface area (Å²) in [5, 5.41) is 5.64. The lowest BCUT2D eigenvalue weighted by Crippen LogP contribution is -2.29. The minimum atomic E-state index is -0.208. The van der Waals surface area contributed by atoms with Gasteiger partial charge in [-0.25, -0.2) is 4.39 Å². The van der Waals surface area contributed by atoms with Crippen molar-refractivity contribution in [1.82, 2.24) is 10.3 Å². The van der Waals surface area contributed by atoms with Crippen molar-refractivity contribution >= 4 is 11.3 Å². The van der Waals surface area contributed by atoms with Gasteiger partial charge in [0.15, 0.2) is 0 Å². The quantitative estimate of drug-likeness (QED) is 0.918. The second kappa shape index (κ2) is 6.02. The topological polar surface area (TPSA) is 24.9 Å². The van der Waals surface area contributed by atoms with Gasteiger partial charge in [0, 0.05) is 28.6 Å². The highest BCUT2D eigenvalue weighted by molar-refractivity contribution is 7.10. The molecular formula is C16H19FN2S. The van der Waals surface area contributed by atoms with Gasteiger partial charge in [-0.2, -0.15) is 0 Å². The molecule has 4 heteroatoms. The third kappa shape index (κ3) is 2.50. The highest BCUT2D eigenvalue weighted by atomic mass is 32.1. The SMILES string of the molecule is CCNC(c1ccncc1F)C1CCCc2sccc21. The molecule has 0 bridgehead atoms. The van der Waals surface area contributed by atoms with E-state index in [0.717, 1.165) is 18.5 Å². The van der Waals surface area contributed by atoms with E-state index in [0.29, 0.717) is 5.92 Å². The summed E-state index contributed by atoms with van der Waals surface area (Å²) < 4.78 is 14.1. The fourth-order valence-electron chi connectivity index (χ4n) is 3.20. The minimum absolute atomic E-state index is 0.0386. The average molecular weight is 290 g/mol. The number of hydrogen-bond acceptors (Lipinski definition) is 3. The first-order valence-corrected chi connectivity index (χ1v) is 8.08. The van der Waals surface area contributed by atoms with Crippen LogP contribution in [0.25, 0.3) is 0 Å². The molecule has 1 N–H and O–H groups in total. The molecule has 1 aliphatic rings. The Balaban J connectivity index is 1.99. The number of pyridine rings is 1. The number of thiophene rings is 1.